The highest BCUT2D eigenvalue weighted by atomic mass is 79.9. The van der Waals surface area contributed by atoms with Gasteiger partial charge in [-0.1, -0.05) is 57.5 Å². The molecule has 116 valence electrons. The van der Waals surface area contributed by atoms with Crippen LogP contribution in [0.25, 0.3) is 5.69 Å². The Hall–Kier alpha value is -2.67. The molecule has 3 rings (SSSR count). The fraction of sp³-hybridized carbons (Fsp3) is 0.0625. The smallest absolute Gasteiger partial charge is 0.275 e. The van der Waals surface area contributed by atoms with Crippen molar-refractivity contribution in [2.75, 3.05) is 5.73 Å². The van der Waals surface area contributed by atoms with E-state index >= 15 is 0 Å². The minimum Gasteiger partial charge on any atom is -0.382 e. The number of nitrogens with zero attached hydrogens (tertiary/aromatic N) is 3. The van der Waals surface area contributed by atoms with Crippen LogP contribution < -0.4 is 11.1 Å². The second kappa shape index (κ2) is 6.62. The van der Waals surface area contributed by atoms with Gasteiger partial charge in [0.25, 0.3) is 5.91 Å². The topological polar surface area (TPSA) is 85.8 Å². The SMILES string of the molecule is Nc1c(C(=O)NCc2ccccc2)nnn1-c1cccc(Br)c1. The normalized spacial score (nSPS) is 10.5. The number of benzene rings is 2. The maximum absolute atomic E-state index is 12.2. The zero-order valence-electron chi connectivity index (χ0n) is 12.1. The molecule has 0 saturated heterocycles. The number of hydrogen-bond acceptors (Lipinski definition) is 4. The fourth-order valence-corrected chi connectivity index (χ4v) is 2.50. The summed E-state index contributed by atoms with van der Waals surface area (Å²) in [6.45, 7) is 0.406. The summed E-state index contributed by atoms with van der Waals surface area (Å²) >= 11 is 3.39. The number of amides is 1. The minimum atomic E-state index is -0.354. The summed E-state index contributed by atoms with van der Waals surface area (Å²) in [5.74, 6) is -0.152. The van der Waals surface area contributed by atoms with E-state index in [9.17, 15) is 4.79 Å². The maximum Gasteiger partial charge on any atom is 0.275 e. The lowest BCUT2D eigenvalue weighted by atomic mass is 10.2. The lowest BCUT2D eigenvalue weighted by molar-refractivity contribution is 0.0947. The largest absolute Gasteiger partial charge is 0.382 e. The second-order valence-corrected chi connectivity index (χ2v) is 5.80. The number of anilines is 1. The second-order valence-electron chi connectivity index (χ2n) is 4.88. The molecule has 0 bridgehead atoms. The van der Waals surface area contributed by atoms with Gasteiger partial charge in [-0.2, -0.15) is 4.68 Å². The van der Waals surface area contributed by atoms with E-state index in [0.717, 1.165) is 15.7 Å². The average Bonchev–Trinajstić information content (AvgIpc) is 2.95. The molecule has 7 heteroatoms. The molecule has 1 heterocycles. The number of aromatic nitrogens is 3. The quantitative estimate of drug-likeness (QED) is 0.737. The molecule has 0 aliphatic heterocycles. The molecular formula is C16H14BrN5O. The van der Waals surface area contributed by atoms with Gasteiger partial charge in [-0.3, -0.25) is 4.79 Å². The number of nitrogen functional groups attached to an aromatic ring is 1. The van der Waals surface area contributed by atoms with Crippen LogP contribution in [0.5, 0.6) is 0 Å². The van der Waals surface area contributed by atoms with Gasteiger partial charge < -0.3 is 11.1 Å². The molecule has 1 aromatic heterocycles. The predicted molar refractivity (Wildman–Crippen MR) is 91.1 cm³/mol. The van der Waals surface area contributed by atoms with Crippen LogP contribution in [0.1, 0.15) is 16.1 Å². The van der Waals surface area contributed by atoms with Crippen molar-refractivity contribution in [3.05, 3.63) is 70.3 Å². The predicted octanol–water partition coefficient (Wildman–Crippen LogP) is 2.54. The monoisotopic (exact) mass is 371 g/mol. The van der Waals surface area contributed by atoms with E-state index in [1.54, 1.807) is 0 Å². The zero-order chi connectivity index (χ0) is 16.2. The molecule has 0 spiro atoms. The van der Waals surface area contributed by atoms with E-state index < -0.39 is 0 Å². The van der Waals surface area contributed by atoms with Crippen LogP contribution in [-0.2, 0) is 6.54 Å². The summed E-state index contributed by atoms with van der Waals surface area (Å²) in [4.78, 5) is 12.2. The van der Waals surface area contributed by atoms with Crippen LogP contribution in [0.4, 0.5) is 5.82 Å². The summed E-state index contributed by atoms with van der Waals surface area (Å²) in [6.07, 6.45) is 0. The van der Waals surface area contributed by atoms with Crippen molar-refractivity contribution >= 4 is 27.7 Å². The van der Waals surface area contributed by atoms with Gasteiger partial charge in [0.05, 0.1) is 5.69 Å². The van der Waals surface area contributed by atoms with Crippen molar-refractivity contribution in [2.45, 2.75) is 6.54 Å². The van der Waals surface area contributed by atoms with Crippen molar-refractivity contribution in [3.63, 3.8) is 0 Å². The third-order valence-corrected chi connectivity index (χ3v) is 3.76. The first-order chi connectivity index (χ1) is 11.1. The Kier molecular flexibility index (Phi) is 4.38. The third kappa shape index (κ3) is 3.40. The Labute approximate surface area is 141 Å². The van der Waals surface area contributed by atoms with Crippen LogP contribution in [0.3, 0.4) is 0 Å². The minimum absolute atomic E-state index is 0.112. The first kappa shape index (κ1) is 15.2. The van der Waals surface area contributed by atoms with Gasteiger partial charge in [-0.05, 0) is 23.8 Å². The molecule has 0 atom stereocenters. The number of rotatable bonds is 4. The molecule has 1 amide bonds. The van der Waals surface area contributed by atoms with Crippen molar-refractivity contribution in [1.29, 1.82) is 0 Å². The van der Waals surface area contributed by atoms with E-state index in [2.05, 4.69) is 31.6 Å². The molecule has 3 N–H and O–H groups in total. The number of carbonyl (C=O) groups excluding carboxylic acids is 1. The van der Waals surface area contributed by atoms with Crippen LogP contribution >= 0.6 is 15.9 Å². The van der Waals surface area contributed by atoms with Gasteiger partial charge in [0, 0.05) is 11.0 Å². The third-order valence-electron chi connectivity index (χ3n) is 3.27. The number of nitrogens with two attached hydrogens (primary N) is 1. The van der Waals surface area contributed by atoms with Crippen LogP contribution in [0.2, 0.25) is 0 Å². The van der Waals surface area contributed by atoms with Crippen LogP contribution in [0, 0.1) is 0 Å². The summed E-state index contributed by atoms with van der Waals surface area (Å²) in [5, 5.41) is 10.6. The average molecular weight is 372 g/mol. The summed E-state index contributed by atoms with van der Waals surface area (Å²) in [7, 11) is 0. The molecular weight excluding hydrogens is 358 g/mol. The van der Waals surface area contributed by atoms with Gasteiger partial charge in [0.1, 0.15) is 0 Å². The van der Waals surface area contributed by atoms with Gasteiger partial charge in [-0.25, -0.2) is 0 Å². The molecule has 23 heavy (non-hydrogen) atoms. The van der Waals surface area contributed by atoms with Crippen LogP contribution in [-0.4, -0.2) is 20.9 Å². The maximum atomic E-state index is 12.2. The number of halogens is 1. The van der Waals surface area contributed by atoms with Crippen molar-refractivity contribution < 1.29 is 4.79 Å². The van der Waals surface area contributed by atoms with Crippen molar-refractivity contribution in [1.82, 2.24) is 20.3 Å². The molecule has 3 aromatic rings. The van der Waals surface area contributed by atoms with E-state index in [4.69, 9.17) is 5.73 Å². The Bertz CT molecular complexity index is 831. The molecule has 0 fully saturated rings. The van der Waals surface area contributed by atoms with Crippen molar-refractivity contribution in [2.24, 2.45) is 0 Å². The highest BCUT2D eigenvalue weighted by molar-refractivity contribution is 9.10. The van der Waals surface area contributed by atoms with Gasteiger partial charge >= 0.3 is 0 Å². The van der Waals surface area contributed by atoms with Gasteiger partial charge in [-0.15, -0.1) is 5.10 Å². The molecule has 0 radical (unpaired) electrons. The Morgan fingerprint density at radius 3 is 2.70 bits per heavy atom. The number of nitrogens with one attached hydrogen (secondary N) is 1. The first-order valence-corrected chi connectivity index (χ1v) is 7.73. The zero-order valence-corrected chi connectivity index (χ0v) is 13.7. The highest BCUT2D eigenvalue weighted by Gasteiger charge is 2.18. The van der Waals surface area contributed by atoms with E-state index in [0.29, 0.717) is 6.54 Å². The van der Waals surface area contributed by atoms with E-state index in [1.165, 1.54) is 4.68 Å². The summed E-state index contributed by atoms with van der Waals surface area (Å²) in [6, 6.07) is 17.0. The molecule has 6 nitrogen and oxygen atoms in total. The highest BCUT2D eigenvalue weighted by Crippen LogP contribution is 2.18. The Balaban J connectivity index is 1.77. The lowest BCUT2D eigenvalue weighted by Crippen LogP contribution is -2.24. The summed E-state index contributed by atoms with van der Waals surface area (Å²) in [5.41, 5.74) is 7.86. The lowest BCUT2D eigenvalue weighted by Gasteiger charge is -2.05. The van der Waals surface area contributed by atoms with Crippen LogP contribution in [0.15, 0.2) is 59.1 Å². The van der Waals surface area contributed by atoms with E-state index in [-0.39, 0.29) is 17.4 Å². The number of carbonyl (C=O) groups is 1. The summed E-state index contributed by atoms with van der Waals surface area (Å²) < 4.78 is 2.32. The van der Waals surface area contributed by atoms with E-state index in [1.807, 2.05) is 54.6 Å². The standard InChI is InChI=1S/C16H14BrN5O/c17-12-7-4-8-13(9-12)22-15(18)14(20-21-22)16(23)19-10-11-5-2-1-3-6-11/h1-9H,10,18H2,(H,19,23). The molecule has 2 aromatic carbocycles. The molecule has 0 aliphatic carbocycles. The first-order valence-electron chi connectivity index (χ1n) is 6.94. The molecule has 0 unspecified atom stereocenters. The Morgan fingerprint density at radius 2 is 1.96 bits per heavy atom. The Morgan fingerprint density at radius 1 is 1.17 bits per heavy atom. The van der Waals surface area contributed by atoms with Crippen molar-refractivity contribution in [3.8, 4) is 5.69 Å². The number of hydrogen-bond donors (Lipinski definition) is 2. The molecule has 0 aliphatic rings. The van der Waals surface area contributed by atoms with Gasteiger partial charge in [0.2, 0.25) is 0 Å². The van der Waals surface area contributed by atoms with Gasteiger partial charge in [0.15, 0.2) is 11.5 Å². The fourth-order valence-electron chi connectivity index (χ4n) is 2.11. The molecule has 0 saturated carbocycles.